The third-order valence-corrected chi connectivity index (χ3v) is 7.52. The monoisotopic (exact) mass is 676 g/mol. The van der Waals surface area contributed by atoms with E-state index in [0.717, 1.165) is 23.8 Å². The van der Waals surface area contributed by atoms with Gasteiger partial charge < -0.3 is 28.8 Å². The maximum Gasteiger partial charge on any atom is 0.333 e. The number of aryl methyl sites for hydroxylation is 1. The molecule has 3 aromatic heterocycles. The number of carbonyl (C=O) groups excluding carboxylic acids is 2. The Morgan fingerprint density at radius 1 is 1.02 bits per heavy atom. The molecule has 2 aliphatic rings. The fourth-order valence-electron chi connectivity index (χ4n) is 5.31. The number of carbonyl (C=O) groups is 2. The summed E-state index contributed by atoms with van der Waals surface area (Å²) in [6, 6.07) is 0. The van der Waals surface area contributed by atoms with Crippen LogP contribution in [0.1, 0.15) is 82.8 Å². The van der Waals surface area contributed by atoms with Crippen LogP contribution in [0.5, 0.6) is 0 Å². The van der Waals surface area contributed by atoms with Crippen LogP contribution in [0.15, 0.2) is 28.2 Å². The van der Waals surface area contributed by atoms with Crippen LogP contribution in [0.4, 0.5) is 0 Å². The first-order valence-corrected chi connectivity index (χ1v) is 16.0. The van der Waals surface area contributed by atoms with Gasteiger partial charge in [0, 0.05) is 38.6 Å². The molecule has 0 amide bonds. The van der Waals surface area contributed by atoms with Crippen molar-refractivity contribution in [3.05, 3.63) is 56.4 Å². The second-order valence-corrected chi connectivity index (χ2v) is 11.3. The summed E-state index contributed by atoms with van der Waals surface area (Å²) in [6.45, 7) is 8.65. The molecule has 0 spiro atoms. The molecule has 3 aromatic rings. The van der Waals surface area contributed by atoms with Gasteiger partial charge in [-0.05, 0) is 26.2 Å². The van der Waals surface area contributed by atoms with Gasteiger partial charge in [-0.25, -0.2) is 14.2 Å². The molecule has 5 heterocycles. The summed E-state index contributed by atoms with van der Waals surface area (Å²) in [4.78, 5) is 48.9. The highest BCUT2D eigenvalue weighted by Crippen LogP contribution is 2.28. The Balaban J connectivity index is 0.00000255. The van der Waals surface area contributed by atoms with Crippen molar-refractivity contribution in [2.24, 2.45) is 0 Å². The topological polar surface area (TPSA) is 206 Å². The highest BCUT2D eigenvalue weighted by molar-refractivity contribution is 5.67. The third kappa shape index (κ3) is 9.65. The molecule has 18 heteroatoms. The summed E-state index contributed by atoms with van der Waals surface area (Å²) in [5.74, 6) is -1.04. The van der Waals surface area contributed by atoms with Crippen molar-refractivity contribution in [2.75, 3.05) is 19.8 Å². The zero-order valence-electron chi connectivity index (χ0n) is 27.9. The van der Waals surface area contributed by atoms with Gasteiger partial charge in [0.15, 0.2) is 12.3 Å². The normalized spacial score (nSPS) is 21.3. The predicted octanol–water partition coefficient (Wildman–Crippen LogP) is 0.635. The van der Waals surface area contributed by atoms with E-state index in [0.29, 0.717) is 23.6 Å². The highest BCUT2D eigenvalue weighted by atomic mass is 16.6. The summed E-state index contributed by atoms with van der Waals surface area (Å²) in [7, 11) is 0. The van der Waals surface area contributed by atoms with Crippen molar-refractivity contribution in [1.82, 2.24) is 39.1 Å². The van der Waals surface area contributed by atoms with Gasteiger partial charge in [0.05, 0.1) is 44.8 Å². The molecule has 2 aliphatic heterocycles. The maximum atomic E-state index is 13.5. The smallest absolute Gasteiger partial charge is 0.333 e. The molecule has 5 atom stereocenters. The molecule has 2 fully saturated rings. The zero-order valence-corrected chi connectivity index (χ0v) is 27.9. The average molecular weight is 677 g/mol. The Morgan fingerprint density at radius 3 is 2.50 bits per heavy atom. The van der Waals surface area contributed by atoms with Crippen LogP contribution in [-0.2, 0) is 53.0 Å². The van der Waals surface area contributed by atoms with Gasteiger partial charge in [-0.15, -0.1) is 10.2 Å². The maximum absolute atomic E-state index is 13.5. The fourth-order valence-corrected chi connectivity index (χ4v) is 5.31. The quantitative estimate of drug-likeness (QED) is 0.247. The minimum absolute atomic E-state index is 0.0322. The first kappa shape index (κ1) is 36.6. The van der Waals surface area contributed by atoms with E-state index in [1.165, 1.54) is 29.3 Å². The summed E-state index contributed by atoms with van der Waals surface area (Å²) >= 11 is 0. The van der Waals surface area contributed by atoms with Gasteiger partial charge in [-0.1, -0.05) is 24.3 Å². The second-order valence-electron chi connectivity index (χ2n) is 11.3. The summed E-state index contributed by atoms with van der Waals surface area (Å²) in [6.07, 6.45) is 4.18. The molecule has 5 rings (SSSR count). The minimum atomic E-state index is -0.928. The predicted molar refractivity (Wildman–Crippen MR) is 165 cm³/mol. The Kier molecular flexibility index (Phi) is 13.1. The van der Waals surface area contributed by atoms with E-state index in [9.17, 15) is 24.3 Å². The van der Waals surface area contributed by atoms with Crippen LogP contribution < -0.4 is 11.2 Å². The number of rotatable bonds is 13. The molecular formula is C30H44N8O10. The lowest BCUT2D eigenvalue weighted by Gasteiger charge is -2.21. The third-order valence-electron chi connectivity index (χ3n) is 7.52. The second kappa shape index (κ2) is 17.2. The number of esters is 2. The average Bonchev–Trinajstić information content (AvgIpc) is 3.82. The van der Waals surface area contributed by atoms with E-state index in [2.05, 4.69) is 20.6 Å². The van der Waals surface area contributed by atoms with E-state index < -0.39 is 47.7 Å². The Morgan fingerprint density at radius 2 is 1.79 bits per heavy atom. The first-order chi connectivity index (χ1) is 23.1. The number of hydrogen-bond acceptors (Lipinski definition) is 14. The van der Waals surface area contributed by atoms with Crippen LogP contribution in [0.25, 0.3) is 0 Å². The minimum Gasteiger partial charge on any atom is -0.462 e. The molecule has 2 saturated heterocycles. The number of ether oxygens (including phenoxy) is 5. The molecule has 0 saturated carbocycles. The van der Waals surface area contributed by atoms with E-state index in [1.807, 2.05) is 13.8 Å². The van der Waals surface area contributed by atoms with Gasteiger partial charge in [0.25, 0.3) is 5.56 Å². The number of aromatic nitrogens is 8. The summed E-state index contributed by atoms with van der Waals surface area (Å²) in [5.41, 5.74) is 0.173. The standard InChI is InChI=1S/C28H38N8O10.C2H6/c1-17-9-34(28(41)35(27(17)40)11-20-12-36(32-29-20)25-6-4-5-7-43-25)26-8-23(39)24(46-26)13-33-10-21(30-31-33)14-42-15-22(45-19(3)38)16-44-18(2)37;1-2/h9-10,12,22-26,39H,4-8,11,13-16H2,1-3H3;1-2H3/t22-,23?,24+,25+,26+;/m0./s1. The van der Waals surface area contributed by atoms with Crippen LogP contribution >= 0.6 is 0 Å². The molecule has 18 nitrogen and oxygen atoms in total. The van der Waals surface area contributed by atoms with Gasteiger partial charge >= 0.3 is 17.6 Å². The fraction of sp³-hybridized carbons (Fsp3) is 0.667. The van der Waals surface area contributed by atoms with Crippen molar-refractivity contribution in [3.8, 4) is 0 Å². The van der Waals surface area contributed by atoms with E-state index in [1.54, 1.807) is 24.0 Å². The van der Waals surface area contributed by atoms with E-state index in [-0.39, 0.29) is 45.6 Å². The van der Waals surface area contributed by atoms with Gasteiger partial charge in [0.1, 0.15) is 30.3 Å². The van der Waals surface area contributed by atoms with Crippen LogP contribution in [0.3, 0.4) is 0 Å². The van der Waals surface area contributed by atoms with Crippen LogP contribution in [0, 0.1) is 6.92 Å². The SMILES string of the molecule is CC.CC(=O)OC[C@H](COCc1cn(C[C@H]2O[C@@H](n3cc(C)c(=O)n(Cc4cn([C@H]5CCCCO5)nn4)c3=O)CC2O)nn1)OC(C)=O. The molecule has 48 heavy (non-hydrogen) atoms. The van der Waals surface area contributed by atoms with Gasteiger partial charge in [-0.2, -0.15) is 0 Å². The van der Waals surface area contributed by atoms with Crippen LogP contribution in [0.2, 0.25) is 0 Å². The zero-order chi connectivity index (χ0) is 34.8. The Labute approximate surface area is 276 Å². The van der Waals surface area contributed by atoms with Crippen LogP contribution in [-0.4, -0.2) is 94.3 Å². The summed E-state index contributed by atoms with van der Waals surface area (Å²) in [5, 5.41) is 27.2. The molecule has 0 aliphatic carbocycles. The van der Waals surface area contributed by atoms with Crippen molar-refractivity contribution in [3.63, 3.8) is 0 Å². The lowest BCUT2D eigenvalue weighted by atomic mass is 10.2. The van der Waals surface area contributed by atoms with E-state index >= 15 is 0 Å². The molecular weight excluding hydrogens is 632 g/mol. The van der Waals surface area contributed by atoms with Crippen molar-refractivity contribution >= 4 is 11.9 Å². The molecule has 0 bridgehead atoms. The highest BCUT2D eigenvalue weighted by Gasteiger charge is 2.36. The Bertz CT molecular complexity index is 1630. The lowest BCUT2D eigenvalue weighted by Crippen LogP contribution is -2.42. The first-order valence-electron chi connectivity index (χ1n) is 16.0. The number of nitrogens with zero attached hydrogens (tertiary/aromatic N) is 8. The Hall–Kier alpha value is -4.26. The van der Waals surface area contributed by atoms with Crippen molar-refractivity contribution in [1.29, 1.82) is 0 Å². The molecule has 0 radical (unpaired) electrons. The largest absolute Gasteiger partial charge is 0.462 e. The summed E-state index contributed by atoms with van der Waals surface area (Å²) < 4.78 is 32.8. The molecule has 1 unspecified atom stereocenters. The molecule has 264 valence electrons. The number of aliphatic hydroxyl groups excluding tert-OH is 1. The van der Waals surface area contributed by atoms with E-state index in [4.69, 9.17) is 23.7 Å². The van der Waals surface area contributed by atoms with Crippen molar-refractivity contribution < 1.29 is 38.4 Å². The van der Waals surface area contributed by atoms with Gasteiger partial charge in [-0.3, -0.25) is 23.5 Å². The lowest BCUT2D eigenvalue weighted by molar-refractivity contribution is -0.160. The molecule has 0 aromatic carbocycles. The molecule has 1 N–H and O–H groups in total. The number of aliphatic hydroxyl groups is 1. The number of hydrogen-bond donors (Lipinski definition) is 1. The van der Waals surface area contributed by atoms with Gasteiger partial charge in [0.2, 0.25) is 0 Å². The van der Waals surface area contributed by atoms with Crippen molar-refractivity contribution in [2.45, 2.75) is 111 Å².